The van der Waals surface area contributed by atoms with Gasteiger partial charge < -0.3 is 9.64 Å². The molecule has 0 spiro atoms. The van der Waals surface area contributed by atoms with E-state index in [1.165, 1.54) is 4.90 Å². The van der Waals surface area contributed by atoms with E-state index in [0.717, 1.165) is 15.0 Å². The van der Waals surface area contributed by atoms with Crippen molar-refractivity contribution in [2.75, 3.05) is 18.6 Å². The van der Waals surface area contributed by atoms with Crippen molar-refractivity contribution in [1.29, 1.82) is 0 Å². The topological polar surface area (TPSA) is 46.6 Å². The SMILES string of the molecule is COc1ccc(N2CC(=O)CC2=O)cc1I. The van der Waals surface area contributed by atoms with Gasteiger partial charge in [0, 0.05) is 5.69 Å². The summed E-state index contributed by atoms with van der Waals surface area (Å²) in [5, 5.41) is 0. The molecule has 0 saturated carbocycles. The summed E-state index contributed by atoms with van der Waals surface area (Å²) in [6, 6.07) is 5.43. The second kappa shape index (κ2) is 4.40. The van der Waals surface area contributed by atoms with E-state index in [1.807, 2.05) is 6.07 Å². The number of rotatable bonds is 2. The maximum Gasteiger partial charge on any atom is 0.234 e. The molecule has 1 heterocycles. The molecule has 0 atom stereocenters. The second-order valence-electron chi connectivity index (χ2n) is 3.51. The first-order valence-electron chi connectivity index (χ1n) is 4.77. The van der Waals surface area contributed by atoms with E-state index >= 15 is 0 Å². The van der Waals surface area contributed by atoms with Gasteiger partial charge in [-0.3, -0.25) is 9.59 Å². The lowest BCUT2D eigenvalue weighted by Gasteiger charge is -2.15. The number of hydrogen-bond acceptors (Lipinski definition) is 3. The Bertz CT molecular complexity index is 459. The number of ether oxygens (including phenoxy) is 1. The van der Waals surface area contributed by atoms with Gasteiger partial charge in [0.1, 0.15) is 5.75 Å². The van der Waals surface area contributed by atoms with Crippen molar-refractivity contribution in [1.82, 2.24) is 0 Å². The first-order valence-corrected chi connectivity index (χ1v) is 5.85. The van der Waals surface area contributed by atoms with Crippen LogP contribution in [0.2, 0.25) is 0 Å². The number of carbonyl (C=O) groups is 2. The van der Waals surface area contributed by atoms with Crippen LogP contribution in [0.15, 0.2) is 18.2 Å². The van der Waals surface area contributed by atoms with Crippen LogP contribution >= 0.6 is 22.6 Å². The normalized spacial score (nSPS) is 15.8. The Morgan fingerprint density at radius 3 is 2.62 bits per heavy atom. The molecule has 0 aromatic heterocycles. The molecular formula is C11H10INO3. The third-order valence-corrected chi connectivity index (χ3v) is 3.27. The van der Waals surface area contributed by atoms with Crippen molar-refractivity contribution in [3.63, 3.8) is 0 Å². The first kappa shape index (κ1) is 11.4. The number of benzene rings is 1. The molecular weight excluding hydrogens is 321 g/mol. The van der Waals surface area contributed by atoms with Crippen LogP contribution < -0.4 is 9.64 Å². The van der Waals surface area contributed by atoms with Gasteiger partial charge in [-0.2, -0.15) is 0 Å². The summed E-state index contributed by atoms with van der Waals surface area (Å²) >= 11 is 2.14. The molecule has 1 aliphatic rings. The van der Waals surface area contributed by atoms with Gasteiger partial charge in [-0.15, -0.1) is 0 Å². The summed E-state index contributed by atoms with van der Waals surface area (Å²) in [5.41, 5.74) is 0.751. The molecule has 1 amide bonds. The molecule has 2 rings (SSSR count). The van der Waals surface area contributed by atoms with Crippen LogP contribution in [0.4, 0.5) is 5.69 Å². The van der Waals surface area contributed by atoms with Crippen LogP contribution in [0.5, 0.6) is 5.75 Å². The minimum atomic E-state index is -0.133. The fourth-order valence-electron chi connectivity index (χ4n) is 1.64. The van der Waals surface area contributed by atoms with Gasteiger partial charge in [-0.1, -0.05) is 0 Å². The largest absolute Gasteiger partial charge is 0.496 e. The lowest BCUT2D eigenvalue weighted by atomic mass is 10.3. The van der Waals surface area contributed by atoms with Crippen LogP contribution in [0.1, 0.15) is 6.42 Å². The Hall–Kier alpha value is -1.11. The molecule has 4 nitrogen and oxygen atoms in total. The highest BCUT2D eigenvalue weighted by molar-refractivity contribution is 14.1. The van der Waals surface area contributed by atoms with Gasteiger partial charge in [0.2, 0.25) is 5.91 Å². The predicted molar refractivity (Wildman–Crippen MR) is 67.7 cm³/mol. The van der Waals surface area contributed by atoms with Crippen LogP contribution in [-0.4, -0.2) is 25.3 Å². The Morgan fingerprint density at radius 2 is 2.12 bits per heavy atom. The van der Waals surface area contributed by atoms with E-state index in [0.29, 0.717) is 0 Å². The summed E-state index contributed by atoms with van der Waals surface area (Å²) in [4.78, 5) is 24.2. The third kappa shape index (κ3) is 2.04. The molecule has 16 heavy (non-hydrogen) atoms. The highest BCUT2D eigenvalue weighted by Crippen LogP contribution is 2.28. The van der Waals surface area contributed by atoms with Crippen LogP contribution in [0.25, 0.3) is 0 Å². The number of Topliss-reactive ketones (excluding diaryl/α,β-unsaturated/α-hetero) is 1. The Kier molecular flexibility index (Phi) is 3.13. The summed E-state index contributed by atoms with van der Waals surface area (Å²) < 4.78 is 6.05. The van der Waals surface area contributed by atoms with Crippen molar-refractivity contribution in [3.05, 3.63) is 21.8 Å². The Balaban J connectivity index is 2.31. The summed E-state index contributed by atoms with van der Waals surface area (Å²) in [6.45, 7) is 0.182. The second-order valence-corrected chi connectivity index (χ2v) is 4.68. The minimum Gasteiger partial charge on any atom is -0.496 e. The standard InChI is InChI=1S/C11H10INO3/c1-16-10-3-2-7(4-9(10)12)13-6-8(14)5-11(13)15/h2-4H,5-6H2,1H3. The fourth-order valence-corrected chi connectivity index (χ4v) is 2.36. The average Bonchev–Trinajstić information content (AvgIpc) is 2.58. The van der Waals surface area contributed by atoms with Crippen molar-refractivity contribution < 1.29 is 14.3 Å². The number of methoxy groups -OCH3 is 1. The zero-order valence-corrected chi connectivity index (χ0v) is 10.9. The van der Waals surface area contributed by atoms with Crippen molar-refractivity contribution in [3.8, 4) is 5.75 Å². The van der Waals surface area contributed by atoms with Crippen LogP contribution in [0, 0.1) is 3.57 Å². The molecule has 1 saturated heterocycles. The van der Waals surface area contributed by atoms with Crippen molar-refractivity contribution >= 4 is 40.0 Å². The zero-order valence-electron chi connectivity index (χ0n) is 8.70. The van der Waals surface area contributed by atoms with Crippen LogP contribution in [0.3, 0.4) is 0 Å². The maximum absolute atomic E-state index is 11.5. The van der Waals surface area contributed by atoms with Crippen molar-refractivity contribution in [2.24, 2.45) is 0 Å². The van der Waals surface area contributed by atoms with Gasteiger partial charge in [-0.05, 0) is 40.8 Å². The third-order valence-electron chi connectivity index (χ3n) is 2.43. The van der Waals surface area contributed by atoms with Gasteiger partial charge in [0.05, 0.1) is 23.6 Å². The highest BCUT2D eigenvalue weighted by Gasteiger charge is 2.28. The van der Waals surface area contributed by atoms with E-state index in [9.17, 15) is 9.59 Å². The minimum absolute atomic E-state index is 0.0165. The number of anilines is 1. The van der Waals surface area contributed by atoms with E-state index in [4.69, 9.17) is 4.74 Å². The van der Waals surface area contributed by atoms with Gasteiger partial charge in [-0.25, -0.2) is 0 Å². The average molecular weight is 331 g/mol. The van der Waals surface area contributed by atoms with E-state index in [-0.39, 0.29) is 24.7 Å². The van der Waals surface area contributed by atoms with Gasteiger partial charge in [0.15, 0.2) is 5.78 Å². The summed E-state index contributed by atoms with van der Waals surface area (Å²) in [6.07, 6.45) is 0.0165. The molecule has 0 radical (unpaired) electrons. The van der Waals surface area contributed by atoms with Gasteiger partial charge >= 0.3 is 0 Å². The number of ketones is 1. The number of nitrogens with zero attached hydrogens (tertiary/aromatic N) is 1. The zero-order chi connectivity index (χ0) is 11.7. The van der Waals surface area contributed by atoms with Crippen LogP contribution in [-0.2, 0) is 9.59 Å². The molecule has 0 N–H and O–H groups in total. The fraction of sp³-hybridized carbons (Fsp3) is 0.273. The Labute approximate surface area is 107 Å². The molecule has 0 unspecified atom stereocenters. The predicted octanol–water partition coefficient (Wildman–Crippen LogP) is 1.61. The smallest absolute Gasteiger partial charge is 0.234 e. The summed E-state index contributed by atoms with van der Waals surface area (Å²) in [5.74, 6) is 0.601. The molecule has 0 bridgehead atoms. The lowest BCUT2D eigenvalue weighted by Crippen LogP contribution is -2.24. The molecule has 5 heteroatoms. The van der Waals surface area contributed by atoms with Gasteiger partial charge in [0.25, 0.3) is 0 Å². The molecule has 1 aromatic rings. The molecule has 1 aromatic carbocycles. The number of halogens is 1. The number of carbonyl (C=O) groups excluding carboxylic acids is 2. The number of hydrogen-bond donors (Lipinski definition) is 0. The lowest BCUT2D eigenvalue weighted by molar-refractivity contribution is -0.121. The molecule has 84 valence electrons. The summed E-state index contributed by atoms with van der Waals surface area (Å²) in [7, 11) is 1.60. The molecule has 1 fully saturated rings. The quantitative estimate of drug-likeness (QED) is 0.611. The Morgan fingerprint density at radius 1 is 1.38 bits per heavy atom. The van der Waals surface area contributed by atoms with E-state index in [1.54, 1.807) is 19.2 Å². The molecule has 0 aliphatic carbocycles. The first-order chi connectivity index (χ1) is 7.61. The van der Waals surface area contributed by atoms with E-state index in [2.05, 4.69) is 22.6 Å². The maximum atomic E-state index is 11.5. The highest BCUT2D eigenvalue weighted by atomic mass is 127. The monoisotopic (exact) mass is 331 g/mol. The van der Waals surface area contributed by atoms with Crippen molar-refractivity contribution in [2.45, 2.75) is 6.42 Å². The number of amides is 1. The van der Waals surface area contributed by atoms with E-state index < -0.39 is 0 Å². The molecule has 1 aliphatic heterocycles.